The van der Waals surface area contributed by atoms with Gasteiger partial charge in [0.1, 0.15) is 6.23 Å². The molecule has 0 aliphatic carbocycles. The van der Waals surface area contributed by atoms with Gasteiger partial charge in [0.05, 0.1) is 18.4 Å². The van der Waals surface area contributed by atoms with Gasteiger partial charge in [0.25, 0.3) is 5.56 Å². The Bertz CT molecular complexity index is 522. The van der Waals surface area contributed by atoms with Crippen LogP contribution in [0.5, 0.6) is 0 Å². The third kappa shape index (κ3) is 2.29. The summed E-state index contributed by atoms with van der Waals surface area (Å²) in [7, 11) is 0. The molecule has 0 spiro atoms. The van der Waals surface area contributed by atoms with Crippen molar-refractivity contribution in [1.82, 2.24) is 9.55 Å². The van der Waals surface area contributed by atoms with E-state index in [-0.39, 0.29) is 6.10 Å². The van der Waals surface area contributed by atoms with E-state index in [1.807, 2.05) is 4.98 Å². The lowest BCUT2D eigenvalue weighted by molar-refractivity contribution is -0.0548. The zero-order valence-corrected chi connectivity index (χ0v) is 9.22. The maximum absolute atomic E-state index is 13.1. The Morgan fingerprint density at radius 2 is 2.29 bits per heavy atom. The van der Waals surface area contributed by atoms with E-state index in [0.29, 0.717) is 12.8 Å². The molecule has 1 fully saturated rings. The monoisotopic (exact) mass is 244 g/mol. The van der Waals surface area contributed by atoms with Crippen LogP contribution >= 0.6 is 0 Å². The van der Waals surface area contributed by atoms with E-state index in [4.69, 9.17) is 4.74 Å². The standard InChI is InChI=1S/C10H13FN2O4/c1-5(14)7-2-3-8(17-7)13-4-6(11)9(15)12-10(13)16/h4-5,7-8,14H,2-3H2,1H3,(H,12,15,16)/t5?,7?,8-/m1/s1. The summed E-state index contributed by atoms with van der Waals surface area (Å²) in [6.07, 6.45) is 0.228. The predicted molar refractivity (Wildman–Crippen MR) is 56.1 cm³/mol. The number of aromatic nitrogens is 2. The fourth-order valence-corrected chi connectivity index (χ4v) is 1.88. The summed E-state index contributed by atoms with van der Waals surface area (Å²) in [6, 6.07) is 0. The third-order valence-corrected chi connectivity index (χ3v) is 2.80. The van der Waals surface area contributed by atoms with Crippen molar-refractivity contribution in [3.63, 3.8) is 0 Å². The van der Waals surface area contributed by atoms with E-state index in [2.05, 4.69) is 0 Å². The van der Waals surface area contributed by atoms with Gasteiger partial charge in [-0.3, -0.25) is 14.3 Å². The van der Waals surface area contributed by atoms with Crippen LogP contribution in [0, 0.1) is 5.82 Å². The Morgan fingerprint density at radius 3 is 2.88 bits per heavy atom. The second-order valence-electron chi connectivity index (χ2n) is 4.09. The quantitative estimate of drug-likeness (QED) is 0.750. The van der Waals surface area contributed by atoms with Crippen LogP contribution in [0.1, 0.15) is 26.0 Å². The molecule has 3 atom stereocenters. The topological polar surface area (TPSA) is 84.3 Å². The van der Waals surface area contributed by atoms with Gasteiger partial charge in [0.2, 0.25) is 5.82 Å². The van der Waals surface area contributed by atoms with E-state index in [1.54, 1.807) is 6.92 Å². The molecule has 1 aromatic heterocycles. The van der Waals surface area contributed by atoms with Gasteiger partial charge in [-0.05, 0) is 19.8 Å². The smallest absolute Gasteiger partial charge is 0.330 e. The van der Waals surface area contributed by atoms with Crippen LogP contribution in [0.25, 0.3) is 0 Å². The first kappa shape index (κ1) is 12.0. The molecule has 0 amide bonds. The van der Waals surface area contributed by atoms with Crippen molar-refractivity contribution in [2.45, 2.75) is 38.2 Å². The Labute approximate surface area is 95.7 Å². The van der Waals surface area contributed by atoms with E-state index in [1.165, 1.54) is 0 Å². The number of aliphatic hydroxyl groups is 1. The molecule has 1 aliphatic rings. The molecule has 7 heteroatoms. The summed E-state index contributed by atoms with van der Waals surface area (Å²) in [5.74, 6) is -1.03. The zero-order valence-electron chi connectivity index (χ0n) is 9.22. The van der Waals surface area contributed by atoms with E-state index in [0.717, 1.165) is 10.8 Å². The number of hydrogen-bond donors (Lipinski definition) is 2. The summed E-state index contributed by atoms with van der Waals surface area (Å²) in [4.78, 5) is 24.2. The first-order chi connectivity index (χ1) is 7.99. The Kier molecular flexibility index (Phi) is 3.12. The Morgan fingerprint density at radius 1 is 1.59 bits per heavy atom. The maximum atomic E-state index is 13.1. The minimum atomic E-state index is -1.05. The number of aromatic amines is 1. The number of H-pyrrole nitrogens is 1. The van der Waals surface area contributed by atoms with Gasteiger partial charge in [0.15, 0.2) is 0 Å². The average Bonchev–Trinajstić information content (AvgIpc) is 2.72. The largest absolute Gasteiger partial charge is 0.391 e. The molecule has 2 rings (SSSR count). The lowest BCUT2D eigenvalue weighted by atomic mass is 10.1. The summed E-state index contributed by atoms with van der Waals surface area (Å²) >= 11 is 0. The lowest BCUT2D eigenvalue weighted by Crippen LogP contribution is -2.34. The molecule has 1 aliphatic heterocycles. The molecule has 17 heavy (non-hydrogen) atoms. The molecule has 0 saturated carbocycles. The van der Waals surface area contributed by atoms with Crippen molar-refractivity contribution in [2.75, 3.05) is 0 Å². The number of nitrogens with zero attached hydrogens (tertiary/aromatic N) is 1. The number of rotatable bonds is 2. The van der Waals surface area contributed by atoms with Crippen molar-refractivity contribution in [1.29, 1.82) is 0 Å². The van der Waals surface area contributed by atoms with Crippen LogP contribution in [-0.2, 0) is 4.74 Å². The number of hydrogen-bond acceptors (Lipinski definition) is 4. The third-order valence-electron chi connectivity index (χ3n) is 2.80. The van der Waals surface area contributed by atoms with E-state index in [9.17, 15) is 19.1 Å². The second-order valence-corrected chi connectivity index (χ2v) is 4.09. The second kappa shape index (κ2) is 4.42. The molecule has 0 bridgehead atoms. The van der Waals surface area contributed by atoms with Gasteiger partial charge in [0, 0.05) is 0 Å². The fourth-order valence-electron chi connectivity index (χ4n) is 1.88. The first-order valence-corrected chi connectivity index (χ1v) is 5.33. The summed E-state index contributed by atoms with van der Waals surface area (Å²) in [5, 5.41) is 9.34. The van der Waals surface area contributed by atoms with Gasteiger partial charge in [-0.15, -0.1) is 0 Å². The van der Waals surface area contributed by atoms with Crippen LogP contribution in [0.2, 0.25) is 0 Å². The van der Waals surface area contributed by atoms with Crippen molar-refractivity contribution >= 4 is 0 Å². The van der Waals surface area contributed by atoms with Crippen LogP contribution in [0.15, 0.2) is 15.8 Å². The van der Waals surface area contributed by atoms with Crippen LogP contribution in [-0.4, -0.2) is 26.9 Å². The SMILES string of the molecule is CC(O)C1CC[C@H](n2cc(F)c(=O)[nH]c2=O)O1. The predicted octanol–water partition coefficient (Wildman–Crippen LogP) is -0.266. The minimum Gasteiger partial charge on any atom is -0.391 e. The zero-order chi connectivity index (χ0) is 12.6. The number of nitrogens with one attached hydrogen (secondary N) is 1. The molecule has 6 nitrogen and oxygen atoms in total. The molecule has 2 unspecified atom stereocenters. The Balaban J connectivity index is 2.28. The molecule has 1 aromatic rings. The highest BCUT2D eigenvalue weighted by molar-refractivity contribution is 4.89. The molecule has 1 saturated heterocycles. The van der Waals surface area contributed by atoms with Gasteiger partial charge < -0.3 is 9.84 Å². The lowest BCUT2D eigenvalue weighted by Gasteiger charge is -2.17. The van der Waals surface area contributed by atoms with Crippen LogP contribution in [0.4, 0.5) is 4.39 Å². The molecule has 0 aromatic carbocycles. The van der Waals surface area contributed by atoms with Crippen LogP contribution < -0.4 is 11.2 Å². The molecule has 2 heterocycles. The number of aliphatic hydroxyl groups excluding tert-OH is 1. The highest BCUT2D eigenvalue weighted by Gasteiger charge is 2.30. The summed E-state index contributed by atoms with van der Waals surface area (Å²) in [5.41, 5.74) is -1.76. The minimum absolute atomic E-state index is 0.373. The fraction of sp³-hybridized carbons (Fsp3) is 0.600. The first-order valence-electron chi connectivity index (χ1n) is 5.33. The highest BCUT2D eigenvalue weighted by atomic mass is 19.1. The number of halogens is 1. The van der Waals surface area contributed by atoms with E-state index < -0.39 is 29.4 Å². The molecule has 2 N–H and O–H groups in total. The molecular formula is C10H13FN2O4. The van der Waals surface area contributed by atoms with Crippen molar-refractivity contribution in [3.8, 4) is 0 Å². The molecule has 0 radical (unpaired) electrons. The van der Waals surface area contributed by atoms with Crippen molar-refractivity contribution in [3.05, 3.63) is 32.9 Å². The average molecular weight is 244 g/mol. The van der Waals surface area contributed by atoms with E-state index >= 15 is 0 Å². The van der Waals surface area contributed by atoms with Gasteiger partial charge in [-0.1, -0.05) is 0 Å². The highest BCUT2D eigenvalue weighted by Crippen LogP contribution is 2.28. The van der Waals surface area contributed by atoms with Crippen molar-refractivity contribution in [2.24, 2.45) is 0 Å². The normalized spacial score (nSPS) is 26.1. The van der Waals surface area contributed by atoms with Gasteiger partial charge in [-0.25, -0.2) is 4.79 Å². The summed E-state index contributed by atoms with van der Waals surface area (Å²) in [6.45, 7) is 1.59. The summed E-state index contributed by atoms with van der Waals surface area (Å²) < 4.78 is 19.5. The Hall–Kier alpha value is -1.47. The van der Waals surface area contributed by atoms with Crippen molar-refractivity contribution < 1.29 is 14.2 Å². The molecular weight excluding hydrogens is 231 g/mol. The van der Waals surface area contributed by atoms with Gasteiger partial charge in [-0.2, -0.15) is 4.39 Å². The maximum Gasteiger partial charge on any atom is 0.330 e. The van der Waals surface area contributed by atoms with Crippen LogP contribution in [0.3, 0.4) is 0 Å². The molecule has 94 valence electrons. The van der Waals surface area contributed by atoms with Gasteiger partial charge >= 0.3 is 5.69 Å². The number of ether oxygens (including phenoxy) is 1.